The Labute approximate surface area is 187 Å². The third-order valence-electron chi connectivity index (χ3n) is 4.55. The zero-order valence-electron chi connectivity index (χ0n) is 17.8. The number of esters is 1. The molecule has 0 aliphatic carbocycles. The number of benzene rings is 3. The molecule has 6 nitrogen and oxygen atoms in total. The molecule has 0 fully saturated rings. The topological polar surface area (TPSA) is 77.0 Å². The summed E-state index contributed by atoms with van der Waals surface area (Å²) in [6.07, 6.45) is 3.93. The molecule has 0 saturated heterocycles. The van der Waals surface area contributed by atoms with E-state index < -0.39 is 5.97 Å². The third kappa shape index (κ3) is 6.40. The van der Waals surface area contributed by atoms with E-state index in [4.69, 9.17) is 9.47 Å². The number of hydrogen-bond donors (Lipinski definition) is 1. The van der Waals surface area contributed by atoms with Crippen LogP contribution in [0.2, 0.25) is 0 Å². The SMILES string of the molecule is C=CCc1ccccc1OCC(=O)N/N=C\c1ccc(OC(=O)c2ccccc2C)cc1. The fourth-order valence-electron chi connectivity index (χ4n) is 2.91. The Morgan fingerprint density at radius 2 is 1.72 bits per heavy atom. The molecule has 6 heteroatoms. The first kappa shape index (κ1) is 22.5. The quantitative estimate of drug-likeness (QED) is 0.179. The molecule has 3 aromatic carbocycles. The molecule has 3 rings (SSSR count). The van der Waals surface area contributed by atoms with Gasteiger partial charge in [-0.3, -0.25) is 4.79 Å². The summed E-state index contributed by atoms with van der Waals surface area (Å²) in [6.45, 7) is 5.42. The Balaban J connectivity index is 1.48. The molecule has 32 heavy (non-hydrogen) atoms. The number of rotatable bonds is 9. The molecule has 1 amide bonds. The average Bonchev–Trinajstić information content (AvgIpc) is 2.80. The number of para-hydroxylation sites is 1. The molecule has 0 bridgehead atoms. The summed E-state index contributed by atoms with van der Waals surface area (Å²) in [4.78, 5) is 24.3. The van der Waals surface area contributed by atoms with Crippen molar-refractivity contribution in [3.8, 4) is 11.5 Å². The van der Waals surface area contributed by atoms with E-state index in [0.717, 1.165) is 16.7 Å². The lowest BCUT2D eigenvalue weighted by Gasteiger charge is -2.09. The molecule has 0 unspecified atom stereocenters. The summed E-state index contributed by atoms with van der Waals surface area (Å²) in [7, 11) is 0. The summed E-state index contributed by atoms with van der Waals surface area (Å²) in [5.74, 6) is 0.276. The summed E-state index contributed by atoms with van der Waals surface area (Å²) in [5.41, 5.74) is 5.50. The van der Waals surface area contributed by atoms with E-state index in [0.29, 0.717) is 23.5 Å². The smallest absolute Gasteiger partial charge is 0.343 e. The van der Waals surface area contributed by atoms with E-state index in [1.54, 1.807) is 42.5 Å². The Hall–Kier alpha value is -4.19. The van der Waals surface area contributed by atoms with Crippen LogP contribution in [0, 0.1) is 6.92 Å². The predicted octanol–water partition coefficient (Wildman–Crippen LogP) is 4.47. The first-order chi connectivity index (χ1) is 15.6. The van der Waals surface area contributed by atoms with Crippen molar-refractivity contribution < 1.29 is 19.1 Å². The van der Waals surface area contributed by atoms with Crippen molar-refractivity contribution in [3.05, 3.63) is 108 Å². The van der Waals surface area contributed by atoms with Gasteiger partial charge in [-0.15, -0.1) is 6.58 Å². The van der Waals surface area contributed by atoms with Crippen molar-refractivity contribution in [2.45, 2.75) is 13.3 Å². The van der Waals surface area contributed by atoms with Gasteiger partial charge in [-0.1, -0.05) is 42.5 Å². The van der Waals surface area contributed by atoms with E-state index >= 15 is 0 Å². The van der Waals surface area contributed by atoms with Gasteiger partial charge in [0.25, 0.3) is 5.91 Å². The Bertz CT molecular complexity index is 1120. The maximum absolute atomic E-state index is 12.3. The number of aryl methyl sites for hydroxylation is 1. The number of allylic oxidation sites excluding steroid dienone is 1. The fourth-order valence-corrected chi connectivity index (χ4v) is 2.91. The van der Waals surface area contributed by atoms with Crippen molar-refractivity contribution >= 4 is 18.1 Å². The molecule has 0 atom stereocenters. The lowest BCUT2D eigenvalue weighted by atomic mass is 10.1. The first-order valence-electron chi connectivity index (χ1n) is 10.1. The number of nitrogens with one attached hydrogen (secondary N) is 1. The van der Waals surface area contributed by atoms with E-state index in [-0.39, 0.29) is 12.5 Å². The van der Waals surface area contributed by atoms with E-state index in [1.165, 1.54) is 6.21 Å². The minimum absolute atomic E-state index is 0.153. The van der Waals surface area contributed by atoms with Gasteiger partial charge >= 0.3 is 5.97 Å². The second-order valence-electron chi connectivity index (χ2n) is 6.96. The second kappa shape index (κ2) is 11.3. The zero-order chi connectivity index (χ0) is 22.8. The van der Waals surface area contributed by atoms with Crippen LogP contribution in [0.5, 0.6) is 11.5 Å². The molecule has 0 saturated carbocycles. The number of carbonyl (C=O) groups excluding carboxylic acids is 2. The maximum atomic E-state index is 12.3. The second-order valence-corrected chi connectivity index (χ2v) is 6.96. The van der Waals surface area contributed by atoms with Gasteiger partial charge < -0.3 is 9.47 Å². The van der Waals surface area contributed by atoms with Crippen LogP contribution >= 0.6 is 0 Å². The van der Waals surface area contributed by atoms with Crippen LogP contribution < -0.4 is 14.9 Å². The molecule has 162 valence electrons. The highest BCUT2D eigenvalue weighted by Gasteiger charge is 2.10. The normalized spacial score (nSPS) is 10.5. The van der Waals surface area contributed by atoms with Gasteiger partial charge in [0, 0.05) is 0 Å². The average molecular weight is 428 g/mol. The molecule has 0 radical (unpaired) electrons. The van der Waals surface area contributed by atoms with Crippen LogP contribution in [0.4, 0.5) is 0 Å². The van der Waals surface area contributed by atoms with Crippen molar-refractivity contribution in [3.63, 3.8) is 0 Å². The fraction of sp³-hybridized carbons (Fsp3) is 0.115. The van der Waals surface area contributed by atoms with Crippen molar-refractivity contribution in [1.82, 2.24) is 5.43 Å². The van der Waals surface area contributed by atoms with Crippen molar-refractivity contribution in [1.29, 1.82) is 0 Å². The third-order valence-corrected chi connectivity index (χ3v) is 4.55. The number of ether oxygens (including phenoxy) is 2. The summed E-state index contributed by atoms with van der Waals surface area (Å²) in [5, 5.41) is 3.93. The number of carbonyl (C=O) groups is 2. The lowest BCUT2D eigenvalue weighted by molar-refractivity contribution is -0.123. The molecule has 0 aliphatic heterocycles. The summed E-state index contributed by atoms with van der Waals surface area (Å²) >= 11 is 0. The van der Waals surface area contributed by atoms with Gasteiger partial charge in [0.05, 0.1) is 11.8 Å². The zero-order valence-corrected chi connectivity index (χ0v) is 17.8. The van der Waals surface area contributed by atoms with E-state index in [9.17, 15) is 9.59 Å². The highest BCUT2D eigenvalue weighted by molar-refractivity contribution is 5.92. The maximum Gasteiger partial charge on any atom is 0.343 e. The Morgan fingerprint density at radius 1 is 1.00 bits per heavy atom. The van der Waals surface area contributed by atoms with Gasteiger partial charge in [0.15, 0.2) is 6.61 Å². The number of hydrazone groups is 1. The standard InChI is InChI=1S/C26H24N2O4/c1-3-8-21-10-5-7-12-24(21)31-18-25(29)28-27-17-20-13-15-22(16-14-20)32-26(30)23-11-6-4-9-19(23)2/h3-7,9-17H,1,8,18H2,2H3,(H,28,29)/b27-17-. The predicted molar refractivity (Wildman–Crippen MR) is 124 cm³/mol. The van der Waals surface area contributed by atoms with E-state index in [1.807, 2.05) is 43.3 Å². The van der Waals surface area contributed by atoms with E-state index in [2.05, 4.69) is 17.1 Å². The van der Waals surface area contributed by atoms with Crippen molar-refractivity contribution in [2.24, 2.45) is 5.10 Å². The van der Waals surface area contributed by atoms with Crippen LogP contribution in [0.25, 0.3) is 0 Å². The number of hydrogen-bond acceptors (Lipinski definition) is 5. The van der Waals surface area contributed by atoms with Crippen LogP contribution in [0.1, 0.15) is 27.0 Å². The minimum Gasteiger partial charge on any atom is -0.483 e. The monoisotopic (exact) mass is 428 g/mol. The van der Waals surface area contributed by atoms with Gasteiger partial charge in [0.2, 0.25) is 0 Å². The molecular formula is C26H24N2O4. The number of nitrogens with zero attached hydrogens (tertiary/aromatic N) is 1. The molecular weight excluding hydrogens is 404 g/mol. The highest BCUT2D eigenvalue weighted by Crippen LogP contribution is 2.18. The lowest BCUT2D eigenvalue weighted by Crippen LogP contribution is -2.24. The Kier molecular flexibility index (Phi) is 7.92. The van der Waals surface area contributed by atoms with Gasteiger partial charge in [-0.05, 0) is 66.4 Å². The molecule has 1 N–H and O–H groups in total. The highest BCUT2D eigenvalue weighted by atomic mass is 16.5. The summed E-state index contributed by atoms with van der Waals surface area (Å²) in [6, 6.07) is 21.5. The molecule has 0 heterocycles. The molecule has 3 aromatic rings. The molecule has 0 aromatic heterocycles. The summed E-state index contributed by atoms with van der Waals surface area (Å²) < 4.78 is 11.0. The Morgan fingerprint density at radius 3 is 2.47 bits per heavy atom. The van der Waals surface area contributed by atoms with Crippen LogP contribution in [-0.4, -0.2) is 24.7 Å². The minimum atomic E-state index is -0.411. The van der Waals surface area contributed by atoms with Gasteiger partial charge in [-0.25, -0.2) is 10.2 Å². The molecule has 0 aliphatic rings. The largest absolute Gasteiger partial charge is 0.483 e. The molecule has 0 spiro atoms. The van der Waals surface area contributed by atoms with Crippen LogP contribution in [0.3, 0.4) is 0 Å². The number of amides is 1. The van der Waals surface area contributed by atoms with Gasteiger partial charge in [-0.2, -0.15) is 5.10 Å². The van der Waals surface area contributed by atoms with Crippen LogP contribution in [0.15, 0.2) is 90.6 Å². The first-order valence-corrected chi connectivity index (χ1v) is 10.1. The van der Waals surface area contributed by atoms with Crippen molar-refractivity contribution in [2.75, 3.05) is 6.61 Å². The van der Waals surface area contributed by atoms with Gasteiger partial charge in [0.1, 0.15) is 11.5 Å². The van der Waals surface area contributed by atoms with Crippen LogP contribution in [-0.2, 0) is 11.2 Å².